The molecule has 2 aromatic carbocycles. The van der Waals surface area contributed by atoms with E-state index in [2.05, 4.69) is 5.32 Å². The maximum Gasteiger partial charge on any atom is 0.291 e. The number of piperidine rings is 1. The van der Waals surface area contributed by atoms with Crippen LogP contribution in [-0.4, -0.2) is 31.7 Å². The van der Waals surface area contributed by atoms with Crippen molar-refractivity contribution in [3.05, 3.63) is 59.4 Å². The van der Waals surface area contributed by atoms with Gasteiger partial charge in [-0.2, -0.15) is 4.31 Å². The van der Waals surface area contributed by atoms with Crippen molar-refractivity contribution in [3.8, 4) is 0 Å². The molecule has 1 N–H and O–H groups in total. The number of hydrogen-bond acceptors (Lipinski definition) is 4. The summed E-state index contributed by atoms with van der Waals surface area (Å²) in [6.45, 7) is 6.67. The zero-order valence-electron chi connectivity index (χ0n) is 18.0. The quantitative estimate of drug-likeness (QED) is 0.596. The molecule has 3 aromatic rings. The molecule has 170 valence electrons. The van der Waals surface area contributed by atoms with Gasteiger partial charge in [-0.3, -0.25) is 4.79 Å². The first-order valence-corrected chi connectivity index (χ1v) is 11.8. The Labute approximate surface area is 185 Å². The van der Waals surface area contributed by atoms with E-state index in [9.17, 15) is 22.0 Å². The maximum atomic E-state index is 13.4. The fourth-order valence-corrected chi connectivity index (χ4v) is 6.00. The highest BCUT2D eigenvalue weighted by atomic mass is 32.2. The maximum absolute atomic E-state index is 13.4. The second-order valence-corrected chi connectivity index (χ2v) is 10.5. The first kappa shape index (κ1) is 22.4. The van der Waals surface area contributed by atoms with Gasteiger partial charge in [0.15, 0.2) is 17.4 Å². The topological polar surface area (TPSA) is 79.6 Å². The van der Waals surface area contributed by atoms with Crippen molar-refractivity contribution in [3.63, 3.8) is 0 Å². The third-order valence-corrected chi connectivity index (χ3v) is 7.59. The van der Waals surface area contributed by atoms with Crippen LogP contribution in [0.5, 0.6) is 0 Å². The molecule has 32 heavy (non-hydrogen) atoms. The van der Waals surface area contributed by atoms with E-state index in [0.29, 0.717) is 29.6 Å². The number of furan rings is 1. The number of nitrogens with one attached hydrogen (secondary N) is 1. The predicted octanol–water partition coefficient (Wildman–Crippen LogP) is 4.94. The number of carbonyl (C=O) groups excluding carboxylic acids is 1. The van der Waals surface area contributed by atoms with Gasteiger partial charge in [-0.05, 0) is 55.5 Å². The Morgan fingerprint density at radius 1 is 1.06 bits per heavy atom. The zero-order valence-corrected chi connectivity index (χ0v) is 18.8. The lowest BCUT2D eigenvalue weighted by Gasteiger charge is -2.34. The highest BCUT2D eigenvalue weighted by molar-refractivity contribution is 7.89. The molecule has 0 unspecified atom stereocenters. The summed E-state index contributed by atoms with van der Waals surface area (Å²) in [5.41, 5.74) is 0.889. The smallest absolute Gasteiger partial charge is 0.291 e. The third kappa shape index (κ3) is 4.14. The van der Waals surface area contributed by atoms with Gasteiger partial charge in [-0.1, -0.05) is 13.8 Å². The molecule has 1 aliphatic rings. The van der Waals surface area contributed by atoms with E-state index in [1.54, 1.807) is 6.92 Å². The van der Waals surface area contributed by atoms with E-state index in [4.69, 9.17) is 4.42 Å². The van der Waals surface area contributed by atoms with Gasteiger partial charge in [0, 0.05) is 35.8 Å². The Kier molecular flexibility index (Phi) is 5.81. The van der Waals surface area contributed by atoms with Crippen LogP contribution in [0.1, 0.15) is 36.4 Å². The van der Waals surface area contributed by atoms with Gasteiger partial charge in [0.1, 0.15) is 5.58 Å². The average molecular weight is 463 g/mol. The highest BCUT2D eigenvalue weighted by Crippen LogP contribution is 2.31. The molecule has 1 saturated heterocycles. The van der Waals surface area contributed by atoms with Crippen LogP contribution in [0.2, 0.25) is 0 Å². The van der Waals surface area contributed by atoms with Gasteiger partial charge in [0.05, 0.1) is 4.90 Å². The summed E-state index contributed by atoms with van der Waals surface area (Å²) in [5.74, 6) is -2.22. The number of hydrogen-bond donors (Lipinski definition) is 1. The summed E-state index contributed by atoms with van der Waals surface area (Å²) in [5, 5.41) is 2.97. The minimum Gasteiger partial charge on any atom is -0.451 e. The van der Waals surface area contributed by atoms with E-state index in [-0.39, 0.29) is 28.2 Å². The number of amides is 1. The lowest BCUT2D eigenvalue weighted by atomic mass is 9.94. The molecule has 1 amide bonds. The van der Waals surface area contributed by atoms with Crippen molar-refractivity contribution in [2.45, 2.75) is 32.1 Å². The second-order valence-electron chi connectivity index (χ2n) is 8.57. The summed E-state index contributed by atoms with van der Waals surface area (Å²) in [4.78, 5) is 12.8. The second kappa shape index (κ2) is 8.29. The first-order chi connectivity index (χ1) is 15.1. The van der Waals surface area contributed by atoms with Crippen molar-refractivity contribution in [1.82, 2.24) is 4.31 Å². The summed E-state index contributed by atoms with van der Waals surface area (Å²) in [7, 11) is -3.69. The van der Waals surface area contributed by atoms with Crippen molar-refractivity contribution in [2.24, 2.45) is 11.8 Å². The van der Waals surface area contributed by atoms with Gasteiger partial charge in [0.25, 0.3) is 5.91 Å². The highest BCUT2D eigenvalue weighted by Gasteiger charge is 2.32. The van der Waals surface area contributed by atoms with Gasteiger partial charge >= 0.3 is 0 Å². The molecule has 2 heterocycles. The van der Waals surface area contributed by atoms with E-state index in [1.807, 2.05) is 13.8 Å². The average Bonchev–Trinajstić information content (AvgIpc) is 3.06. The Hall–Kier alpha value is -2.78. The Morgan fingerprint density at radius 2 is 1.75 bits per heavy atom. The molecule has 1 aliphatic heterocycles. The van der Waals surface area contributed by atoms with Gasteiger partial charge in [-0.25, -0.2) is 17.2 Å². The van der Waals surface area contributed by atoms with E-state index in [0.717, 1.165) is 18.6 Å². The van der Waals surface area contributed by atoms with E-state index < -0.39 is 27.6 Å². The molecule has 1 aromatic heterocycles. The molecule has 0 radical (unpaired) electrons. The van der Waals surface area contributed by atoms with Crippen LogP contribution in [-0.2, 0) is 10.0 Å². The third-order valence-electron chi connectivity index (χ3n) is 5.76. The molecule has 9 heteroatoms. The summed E-state index contributed by atoms with van der Waals surface area (Å²) >= 11 is 0. The molecule has 2 atom stereocenters. The number of halogens is 2. The van der Waals surface area contributed by atoms with Crippen LogP contribution >= 0.6 is 0 Å². The normalized spacial score (nSPS) is 19.9. The van der Waals surface area contributed by atoms with Crippen LogP contribution < -0.4 is 5.32 Å². The van der Waals surface area contributed by atoms with Crippen LogP contribution in [0.25, 0.3) is 11.0 Å². The van der Waals surface area contributed by atoms with Crippen LogP contribution in [0, 0.1) is 30.4 Å². The number of anilines is 1. The lowest BCUT2D eigenvalue weighted by molar-refractivity contribution is 0.0998. The summed E-state index contributed by atoms with van der Waals surface area (Å²) in [6, 6.07) is 7.54. The molecule has 4 rings (SSSR count). The minimum absolute atomic E-state index is 0.0282. The van der Waals surface area contributed by atoms with Crippen LogP contribution in [0.3, 0.4) is 0 Å². The largest absolute Gasteiger partial charge is 0.451 e. The SMILES string of the molecule is Cc1c(C(=O)Nc2ccc(F)c(F)c2)oc2ccc(S(=O)(=O)N3C[C@@H](C)C[C@H](C)C3)cc12. The molecule has 6 nitrogen and oxygen atoms in total. The molecular weight excluding hydrogens is 438 g/mol. The standard InChI is InChI=1S/C23H24F2N2O4S/c1-13-8-14(2)12-27(11-13)32(29,30)17-5-7-21-18(10-17)15(3)22(31-21)23(28)26-16-4-6-19(24)20(25)9-16/h4-7,9-10,13-14H,8,11-12H2,1-3H3,(H,26,28)/t13-,14-/m0/s1. The number of carbonyl (C=O) groups is 1. The zero-order chi connectivity index (χ0) is 23.2. The monoisotopic (exact) mass is 462 g/mol. The summed E-state index contributed by atoms with van der Waals surface area (Å²) in [6.07, 6.45) is 0.988. The molecule has 0 aliphatic carbocycles. The van der Waals surface area contributed by atoms with Crippen molar-refractivity contribution >= 4 is 32.6 Å². The number of rotatable bonds is 4. The van der Waals surface area contributed by atoms with E-state index >= 15 is 0 Å². The van der Waals surface area contributed by atoms with Crippen molar-refractivity contribution in [1.29, 1.82) is 0 Å². The van der Waals surface area contributed by atoms with E-state index in [1.165, 1.54) is 28.6 Å². The predicted molar refractivity (Wildman–Crippen MR) is 117 cm³/mol. The fourth-order valence-electron chi connectivity index (χ4n) is 4.29. The number of fused-ring (bicyclic) bond motifs is 1. The first-order valence-electron chi connectivity index (χ1n) is 10.4. The summed E-state index contributed by atoms with van der Waals surface area (Å²) < 4.78 is 60.1. The van der Waals surface area contributed by atoms with Crippen molar-refractivity contribution < 1.29 is 26.4 Å². The van der Waals surface area contributed by atoms with Crippen LogP contribution in [0.4, 0.5) is 14.5 Å². The molecular formula is C23H24F2N2O4S. The number of aryl methyl sites for hydroxylation is 1. The number of nitrogens with zero attached hydrogens (tertiary/aromatic N) is 1. The van der Waals surface area contributed by atoms with Gasteiger partial charge < -0.3 is 9.73 Å². The Bertz CT molecular complexity index is 1290. The molecule has 0 saturated carbocycles. The van der Waals surface area contributed by atoms with Gasteiger partial charge in [-0.15, -0.1) is 0 Å². The molecule has 0 bridgehead atoms. The van der Waals surface area contributed by atoms with Gasteiger partial charge in [0.2, 0.25) is 10.0 Å². The fraction of sp³-hybridized carbons (Fsp3) is 0.348. The Balaban J connectivity index is 1.65. The van der Waals surface area contributed by atoms with Crippen LogP contribution in [0.15, 0.2) is 45.7 Å². The Morgan fingerprint density at radius 3 is 2.41 bits per heavy atom. The minimum atomic E-state index is -3.69. The molecule has 1 fully saturated rings. The number of sulfonamides is 1. The molecule has 0 spiro atoms. The van der Waals surface area contributed by atoms with Crippen molar-refractivity contribution in [2.75, 3.05) is 18.4 Å². The lowest BCUT2D eigenvalue weighted by Crippen LogP contribution is -2.42. The number of benzene rings is 2.